The Morgan fingerprint density at radius 3 is 2.60 bits per heavy atom. The molecule has 0 spiro atoms. The summed E-state index contributed by atoms with van der Waals surface area (Å²) >= 11 is 0. The highest BCUT2D eigenvalue weighted by Crippen LogP contribution is 2.24. The molecular formula is C18H26ClN3O3. The van der Waals surface area contributed by atoms with Gasteiger partial charge >= 0.3 is 0 Å². The first-order chi connectivity index (χ1) is 11.6. The van der Waals surface area contributed by atoms with Crippen molar-refractivity contribution in [2.75, 3.05) is 38.6 Å². The van der Waals surface area contributed by atoms with E-state index in [-0.39, 0.29) is 30.3 Å². The molecule has 0 radical (unpaired) electrons. The van der Waals surface area contributed by atoms with Crippen LogP contribution in [0.5, 0.6) is 0 Å². The largest absolute Gasteiger partial charge is 0.399 e. The lowest BCUT2D eigenvalue weighted by molar-refractivity contribution is -0.141. The molecule has 138 valence electrons. The van der Waals surface area contributed by atoms with Crippen LogP contribution in [0.1, 0.15) is 35.2 Å². The normalized spacial score (nSPS) is 20.8. The summed E-state index contributed by atoms with van der Waals surface area (Å²) in [4.78, 5) is 29.5. The minimum absolute atomic E-state index is 0. The third-order valence-electron chi connectivity index (χ3n) is 4.86. The number of ether oxygens (including phenoxy) is 1. The van der Waals surface area contributed by atoms with Crippen molar-refractivity contribution in [3.05, 3.63) is 29.3 Å². The summed E-state index contributed by atoms with van der Waals surface area (Å²) in [5.41, 5.74) is 7.89. The molecule has 2 amide bonds. The van der Waals surface area contributed by atoms with Crippen molar-refractivity contribution in [2.45, 2.75) is 32.2 Å². The predicted molar refractivity (Wildman–Crippen MR) is 98.9 cm³/mol. The summed E-state index contributed by atoms with van der Waals surface area (Å²) in [5, 5.41) is 0. The Balaban J connectivity index is 0.00000225. The summed E-state index contributed by atoms with van der Waals surface area (Å²) in [5.74, 6) is -0.0426. The maximum Gasteiger partial charge on any atom is 0.254 e. The lowest BCUT2D eigenvalue weighted by Gasteiger charge is -2.39. The Kier molecular flexibility index (Phi) is 6.67. The molecule has 2 saturated heterocycles. The standard InChI is InChI=1S/C18H25N3O3.ClH/c1-13-5-6-14(19)12-15(13)17(22)21-7-3-2-4-16(21)18(23)20-8-10-24-11-9-20;/h5-6,12,16H,2-4,7-11,19H2,1H3;1H. The van der Waals surface area contributed by atoms with Crippen molar-refractivity contribution in [1.82, 2.24) is 9.80 Å². The van der Waals surface area contributed by atoms with Crippen molar-refractivity contribution in [1.29, 1.82) is 0 Å². The number of carbonyl (C=O) groups is 2. The number of benzene rings is 1. The molecule has 1 aromatic rings. The highest BCUT2D eigenvalue weighted by molar-refractivity contribution is 5.99. The molecule has 2 fully saturated rings. The molecule has 2 N–H and O–H groups in total. The number of nitrogens with two attached hydrogens (primary N) is 1. The number of morpholine rings is 1. The average Bonchev–Trinajstić information content (AvgIpc) is 2.63. The number of hydrogen-bond donors (Lipinski definition) is 1. The molecule has 2 aliphatic heterocycles. The minimum Gasteiger partial charge on any atom is -0.399 e. The van der Waals surface area contributed by atoms with Gasteiger partial charge in [-0.3, -0.25) is 9.59 Å². The maximum atomic E-state index is 13.0. The fourth-order valence-electron chi connectivity index (χ4n) is 3.45. The summed E-state index contributed by atoms with van der Waals surface area (Å²) in [6, 6.07) is 4.98. The molecule has 0 aliphatic carbocycles. The predicted octanol–water partition coefficient (Wildman–Crippen LogP) is 1.85. The van der Waals surface area contributed by atoms with Crippen molar-refractivity contribution in [2.24, 2.45) is 0 Å². The lowest BCUT2D eigenvalue weighted by atomic mass is 9.98. The summed E-state index contributed by atoms with van der Waals surface area (Å²) in [7, 11) is 0. The van der Waals surface area contributed by atoms with Crippen LogP contribution in [0.4, 0.5) is 5.69 Å². The van der Waals surface area contributed by atoms with Gasteiger partial charge in [0, 0.05) is 30.9 Å². The van der Waals surface area contributed by atoms with Gasteiger partial charge in [-0.15, -0.1) is 12.4 Å². The lowest BCUT2D eigenvalue weighted by Crippen LogP contribution is -2.55. The smallest absolute Gasteiger partial charge is 0.254 e. The number of aryl methyl sites for hydroxylation is 1. The third kappa shape index (κ3) is 4.25. The number of nitrogens with zero attached hydrogens (tertiary/aromatic N) is 2. The van der Waals surface area contributed by atoms with Gasteiger partial charge in [0.05, 0.1) is 13.2 Å². The van der Waals surface area contributed by atoms with E-state index >= 15 is 0 Å². The van der Waals surface area contributed by atoms with E-state index in [1.807, 2.05) is 17.9 Å². The highest BCUT2D eigenvalue weighted by Gasteiger charge is 2.35. The molecule has 0 aromatic heterocycles. The van der Waals surface area contributed by atoms with Crippen molar-refractivity contribution >= 4 is 29.9 Å². The zero-order chi connectivity index (χ0) is 17.1. The Labute approximate surface area is 154 Å². The van der Waals surface area contributed by atoms with Gasteiger partial charge in [0.2, 0.25) is 5.91 Å². The fourth-order valence-corrected chi connectivity index (χ4v) is 3.45. The first-order valence-corrected chi connectivity index (χ1v) is 8.61. The molecule has 2 heterocycles. The Morgan fingerprint density at radius 1 is 1.16 bits per heavy atom. The molecule has 6 nitrogen and oxygen atoms in total. The van der Waals surface area contributed by atoms with Gasteiger partial charge in [-0.1, -0.05) is 6.07 Å². The molecule has 0 saturated carbocycles. The van der Waals surface area contributed by atoms with Gasteiger partial charge in [-0.25, -0.2) is 0 Å². The van der Waals surface area contributed by atoms with Crippen LogP contribution in [0.15, 0.2) is 18.2 Å². The number of amides is 2. The molecular weight excluding hydrogens is 342 g/mol. The van der Waals surface area contributed by atoms with E-state index in [1.54, 1.807) is 17.0 Å². The van der Waals surface area contributed by atoms with Crippen LogP contribution < -0.4 is 5.73 Å². The summed E-state index contributed by atoms with van der Waals surface area (Å²) in [6.07, 6.45) is 2.63. The summed E-state index contributed by atoms with van der Waals surface area (Å²) < 4.78 is 5.32. The second-order valence-corrected chi connectivity index (χ2v) is 6.52. The fraction of sp³-hybridized carbons (Fsp3) is 0.556. The monoisotopic (exact) mass is 367 g/mol. The first kappa shape index (κ1) is 19.5. The molecule has 1 aromatic carbocycles. The number of anilines is 1. The van der Waals surface area contributed by atoms with Crippen molar-refractivity contribution in [3.63, 3.8) is 0 Å². The van der Waals surface area contributed by atoms with Crippen LogP contribution >= 0.6 is 12.4 Å². The molecule has 1 unspecified atom stereocenters. The summed E-state index contributed by atoms with van der Waals surface area (Å²) in [6.45, 7) is 4.87. The Bertz CT molecular complexity index is 632. The number of hydrogen-bond acceptors (Lipinski definition) is 4. The minimum atomic E-state index is -0.370. The van der Waals surface area contributed by atoms with Gasteiger partial charge in [0.1, 0.15) is 6.04 Å². The van der Waals surface area contributed by atoms with Crippen LogP contribution in [-0.4, -0.2) is 60.5 Å². The first-order valence-electron chi connectivity index (χ1n) is 8.61. The topological polar surface area (TPSA) is 75.9 Å². The molecule has 0 bridgehead atoms. The van der Waals surface area contributed by atoms with Crippen LogP contribution in [0.3, 0.4) is 0 Å². The van der Waals surface area contributed by atoms with E-state index in [2.05, 4.69) is 0 Å². The van der Waals surface area contributed by atoms with Crippen LogP contribution in [0.2, 0.25) is 0 Å². The maximum absolute atomic E-state index is 13.0. The molecule has 7 heteroatoms. The van der Waals surface area contributed by atoms with Crippen LogP contribution in [-0.2, 0) is 9.53 Å². The van der Waals surface area contributed by atoms with E-state index in [0.29, 0.717) is 44.1 Å². The van der Waals surface area contributed by atoms with Gasteiger partial charge in [0.25, 0.3) is 5.91 Å². The highest BCUT2D eigenvalue weighted by atomic mass is 35.5. The molecule has 25 heavy (non-hydrogen) atoms. The molecule has 3 rings (SSSR count). The molecule has 1 atom stereocenters. The van der Waals surface area contributed by atoms with Gasteiger partial charge in [0.15, 0.2) is 0 Å². The third-order valence-corrected chi connectivity index (χ3v) is 4.86. The number of nitrogen functional groups attached to an aromatic ring is 1. The van der Waals surface area contributed by atoms with Gasteiger partial charge in [-0.2, -0.15) is 0 Å². The van der Waals surface area contributed by atoms with E-state index < -0.39 is 0 Å². The number of piperidine rings is 1. The van der Waals surface area contributed by atoms with E-state index in [4.69, 9.17) is 10.5 Å². The quantitative estimate of drug-likeness (QED) is 0.809. The van der Waals surface area contributed by atoms with Crippen molar-refractivity contribution < 1.29 is 14.3 Å². The second-order valence-electron chi connectivity index (χ2n) is 6.52. The van der Waals surface area contributed by atoms with Crippen molar-refractivity contribution in [3.8, 4) is 0 Å². The van der Waals surface area contributed by atoms with Gasteiger partial charge < -0.3 is 20.3 Å². The zero-order valence-corrected chi connectivity index (χ0v) is 15.4. The number of halogens is 1. The van der Waals surface area contributed by atoms with Gasteiger partial charge in [-0.05, 0) is 43.9 Å². The average molecular weight is 368 g/mol. The number of rotatable bonds is 2. The SMILES string of the molecule is Cc1ccc(N)cc1C(=O)N1CCCCC1C(=O)N1CCOCC1.Cl. The molecule has 2 aliphatic rings. The van der Waals surface area contributed by atoms with E-state index in [9.17, 15) is 9.59 Å². The van der Waals surface area contributed by atoms with E-state index in [1.165, 1.54) is 0 Å². The number of carbonyl (C=O) groups excluding carboxylic acids is 2. The Hall–Kier alpha value is -1.79. The van der Waals surface area contributed by atoms with Crippen LogP contribution in [0.25, 0.3) is 0 Å². The number of likely N-dealkylation sites (tertiary alicyclic amines) is 1. The Morgan fingerprint density at radius 2 is 1.88 bits per heavy atom. The zero-order valence-electron chi connectivity index (χ0n) is 14.6. The second kappa shape index (κ2) is 8.54. The van der Waals surface area contributed by atoms with Crippen LogP contribution in [0, 0.1) is 6.92 Å². The van der Waals surface area contributed by atoms with E-state index in [0.717, 1.165) is 24.8 Å².